The predicted molar refractivity (Wildman–Crippen MR) is 72.0 cm³/mol. The van der Waals surface area contributed by atoms with Gasteiger partial charge in [0.15, 0.2) is 0 Å². The highest BCUT2D eigenvalue weighted by Gasteiger charge is 2.12. The lowest BCUT2D eigenvalue weighted by Gasteiger charge is -2.12. The highest BCUT2D eigenvalue weighted by Crippen LogP contribution is 2.11. The van der Waals surface area contributed by atoms with E-state index >= 15 is 0 Å². The lowest BCUT2D eigenvalue weighted by molar-refractivity contribution is 0.521. The third kappa shape index (κ3) is 4.00. The lowest BCUT2D eigenvalue weighted by atomic mass is 10.5. The second-order valence-electron chi connectivity index (χ2n) is 3.77. The second kappa shape index (κ2) is 5.83. The van der Waals surface area contributed by atoms with Crippen molar-refractivity contribution in [1.29, 1.82) is 0 Å². The van der Waals surface area contributed by atoms with Gasteiger partial charge in [-0.2, -0.15) is 9.97 Å². The Labute approximate surface area is 107 Å². The van der Waals surface area contributed by atoms with E-state index in [1.807, 2.05) is 0 Å². The Balaban J connectivity index is 2.62. The minimum atomic E-state index is -3.21. The van der Waals surface area contributed by atoms with Crippen LogP contribution >= 0.6 is 0 Å². The standard InChI is InChI=1S/C9H18N6O2S/c1-11-7-6-8(14-9(10)13-7)12-4-5-18(16,17)15(2)3/h6H,4-5H2,1-3H3,(H4,10,11,12,13,14). The smallest absolute Gasteiger partial charge is 0.223 e. The quantitative estimate of drug-likeness (QED) is 0.635. The number of aromatic nitrogens is 2. The molecule has 0 amide bonds. The number of nitrogens with two attached hydrogens (primary N) is 1. The number of rotatable bonds is 6. The zero-order chi connectivity index (χ0) is 13.8. The molecule has 8 nitrogen and oxygen atoms in total. The zero-order valence-corrected chi connectivity index (χ0v) is 11.5. The highest BCUT2D eigenvalue weighted by molar-refractivity contribution is 7.89. The highest BCUT2D eigenvalue weighted by atomic mass is 32.2. The number of hydrogen-bond acceptors (Lipinski definition) is 7. The molecule has 0 bridgehead atoms. The Morgan fingerprint density at radius 1 is 1.33 bits per heavy atom. The van der Waals surface area contributed by atoms with Crippen LogP contribution in [0.15, 0.2) is 6.07 Å². The van der Waals surface area contributed by atoms with E-state index in [2.05, 4.69) is 20.6 Å². The van der Waals surface area contributed by atoms with Crippen LogP contribution in [0, 0.1) is 0 Å². The van der Waals surface area contributed by atoms with Gasteiger partial charge in [-0.05, 0) is 0 Å². The number of anilines is 3. The SMILES string of the molecule is CNc1cc(NCCS(=O)(=O)N(C)C)nc(N)n1. The molecule has 0 aromatic carbocycles. The van der Waals surface area contributed by atoms with Crippen molar-refractivity contribution in [3.63, 3.8) is 0 Å². The molecule has 0 saturated carbocycles. The van der Waals surface area contributed by atoms with Gasteiger partial charge in [0, 0.05) is 33.8 Å². The van der Waals surface area contributed by atoms with Gasteiger partial charge in [0.2, 0.25) is 16.0 Å². The number of nitrogens with one attached hydrogen (secondary N) is 2. The Hall–Kier alpha value is -1.61. The van der Waals surface area contributed by atoms with Crippen molar-refractivity contribution >= 4 is 27.6 Å². The minimum absolute atomic E-state index is 0.0151. The summed E-state index contributed by atoms with van der Waals surface area (Å²) in [5, 5.41) is 5.73. The first-order valence-electron chi connectivity index (χ1n) is 5.31. The maximum atomic E-state index is 11.5. The maximum absolute atomic E-state index is 11.5. The molecule has 0 radical (unpaired) electrons. The van der Waals surface area contributed by atoms with Gasteiger partial charge in [-0.1, -0.05) is 0 Å². The molecule has 0 fully saturated rings. The monoisotopic (exact) mass is 274 g/mol. The molecule has 0 spiro atoms. The van der Waals surface area contributed by atoms with Crippen LogP contribution in [0.4, 0.5) is 17.6 Å². The molecule has 0 aliphatic carbocycles. The Bertz CT molecular complexity index is 502. The average Bonchev–Trinajstić information content (AvgIpc) is 2.27. The average molecular weight is 274 g/mol. The third-order valence-electron chi connectivity index (χ3n) is 2.22. The molecular weight excluding hydrogens is 256 g/mol. The van der Waals surface area contributed by atoms with E-state index in [0.29, 0.717) is 11.6 Å². The van der Waals surface area contributed by atoms with Crippen molar-refractivity contribution in [2.45, 2.75) is 0 Å². The molecule has 0 saturated heterocycles. The summed E-state index contributed by atoms with van der Waals surface area (Å²) in [6.45, 7) is 0.250. The van der Waals surface area contributed by atoms with E-state index in [1.54, 1.807) is 13.1 Å². The van der Waals surface area contributed by atoms with Gasteiger partial charge in [0.05, 0.1) is 5.75 Å². The molecular formula is C9H18N6O2S. The topological polar surface area (TPSA) is 113 Å². The molecule has 1 rings (SSSR count). The zero-order valence-electron chi connectivity index (χ0n) is 10.6. The van der Waals surface area contributed by atoms with Gasteiger partial charge in [0.1, 0.15) is 11.6 Å². The van der Waals surface area contributed by atoms with Crippen molar-refractivity contribution in [2.75, 3.05) is 49.8 Å². The molecule has 4 N–H and O–H groups in total. The third-order valence-corrected chi connectivity index (χ3v) is 4.05. The second-order valence-corrected chi connectivity index (χ2v) is 6.07. The van der Waals surface area contributed by atoms with E-state index < -0.39 is 10.0 Å². The van der Waals surface area contributed by atoms with Crippen molar-refractivity contribution in [2.24, 2.45) is 0 Å². The van der Waals surface area contributed by atoms with Crippen LogP contribution in [-0.2, 0) is 10.0 Å². The van der Waals surface area contributed by atoms with Gasteiger partial charge in [-0.15, -0.1) is 0 Å². The van der Waals surface area contributed by atoms with Gasteiger partial charge in [-0.3, -0.25) is 0 Å². The first-order valence-corrected chi connectivity index (χ1v) is 6.92. The van der Waals surface area contributed by atoms with E-state index in [4.69, 9.17) is 5.73 Å². The predicted octanol–water partition coefficient (Wildman–Crippen LogP) is -0.596. The van der Waals surface area contributed by atoms with Crippen LogP contribution in [0.3, 0.4) is 0 Å². The summed E-state index contributed by atoms with van der Waals surface area (Å²) < 4.78 is 24.2. The summed E-state index contributed by atoms with van der Waals surface area (Å²) in [7, 11) is 1.49. The lowest BCUT2D eigenvalue weighted by Crippen LogP contribution is -2.28. The van der Waals surface area contributed by atoms with Crippen LogP contribution in [0.2, 0.25) is 0 Å². The normalized spacial score (nSPS) is 11.6. The fourth-order valence-electron chi connectivity index (χ4n) is 1.18. The number of sulfonamides is 1. The summed E-state index contributed by atoms with van der Waals surface area (Å²) >= 11 is 0. The van der Waals surface area contributed by atoms with Crippen molar-refractivity contribution in [3.05, 3.63) is 6.07 Å². The van der Waals surface area contributed by atoms with E-state index in [-0.39, 0.29) is 18.2 Å². The van der Waals surface area contributed by atoms with Gasteiger partial charge in [0.25, 0.3) is 0 Å². The molecule has 1 aromatic heterocycles. The molecule has 0 unspecified atom stereocenters. The Morgan fingerprint density at radius 3 is 2.50 bits per heavy atom. The van der Waals surface area contributed by atoms with Crippen LogP contribution in [0.1, 0.15) is 0 Å². The maximum Gasteiger partial charge on any atom is 0.223 e. The summed E-state index contributed by atoms with van der Waals surface area (Å²) in [6.07, 6.45) is 0. The van der Waals surface area contributed by atoms with Crippen LogP contribution in [0.25, 0.3) is 0 Å². The molecule has 1 aromatic rings. The fraction of sp³-hybridized carbons (Fsp3) is 0.556. The first kappa shape index (κ1) is 14.5. The molecule has 0 atom stereocenters. The number of hydrogen-bond donors (Lipinski definition) is 3. The van der Waals surface area contributed by atoms with Crippen molar-refractivity contribution < 1.29 is 8.42 Å². The summed E-state index contributed by atoms with van der Waals surface area (Å²) in [5.74, 6) is 1.17. The summed E-state index contributed by atoms with van der Waals surface area (Å²) in [6, 6.07) is 1.65. The van der Waals surface area contributed by atoms with E-state index in [1.165, 1.54) is 18.4 Å². The van der Waals surface area contributed by atoms with Crippen molar-refractivity contribution in [3.8, 4) is 0 Å². The van der Waals surface area contributed by atoms with Crippen molar-refractivity contribution in [1.82, 2.24) is 14.3 Å². The Kier molecular flexibility index (Phi) is 4.68. The first-order chi connectivity index (χ1) is 8.35. The number of nitrogens with zero attached hydrogens (tertiary/aromatic N) is 3. The minimum Gasteiger partial charge on any atom is -0.373 e. The van der Waals surface area contributed by atoms with Gasteiger partial charge < -0.3 is 16.4 Å². The summed E-state index contributed by atoms with van der Waals surface area (Å²) in [5.41, 5.74) is 5.51. The molecule has 9 heteroatoms. The van der Waals surface area contributed by atoms with Crippen LogP contribution < -0.4 is 16.4 Å². The molecule has 18 heavy (non-hydrogen) atoms. The molecule has 1 heterocycles. The van der Waals surface area contributed by atoms with Gasteiger partial charge in [-0.25, -0.2) is 12.7 Å². The molecule has 102 valence electrons. The molecule has 0 aliphatic heterocycles. The van der Waals surface area contributed by atoms with Crippen LogP contribution in [0.5, 0.6) is 0 Å². The Morgan fingerprint density at radius 2 is 1.94 bits per heavy atom. The largest absolute Gasteiger partial charge is 0.373 e. The van der Waals surface area contributed by atoms with Gasteiger partial charge >= 0.3 is 0 Å². The molecule has 0 aliphatic rings. The summed E-state index contributed by atoms with van der Waals surface area (Å²) in [4.78, 5) is 7.88. The fourth-order valence-corrected chi connectivity index (χ4v) is 1.90. The van der Waals surface area contributed by atoms with E-state index in [0.717, 1.165) is 0 Å². The van der Waals surface area contributed by atoms with Crippen LogP contribution in [-0.4, -0.2) is 56.1 Å². The number of nitrogen functional groups attached to an aromatic ring is 1. The van der Waals surface area contributed by atoms with E-state index in [9.17, 15) is 8.42 Å².